The van der Waals surface area contributed by atoms with Crippen LogP contribution < -0.4 is 14.8 Å². The van der Waals surface area contributed by atoms with Gasteiger partial charge in [-0.05, 0) is 47.5 Å². The first-order valence-electron chi connectivity index (χ1n) is 9.90. The molecule has 1 N–H and O–H groups in total. The van der Waals surface area contributed by atoms with Crippen LogP contribution in [0.5, 0.6) is 11.5 Å². The van der Waals surface area contributed by atoms with Crippen LogP contribution in [0.3, 0.4) is 0 Å². The van der Waals surface area contributed by atoms with Crippen molar-refractivity contribution in [3.05, 3.63) is 89.7 Å². The molecule has 2 aromatic carbocycles. The Kier molecular flexibility index (Phi) is 6.16. The fourth-order valence-electron chi connectivity index (χ4n) is 3.80. The Morgan fingerprint density at radius 3 is 2.10 bits per heavy atom. The number of aromatic nitrogens is 1. The summed E-state index contributed by atoms with van der Waals surface area (Å²) in [6, 6.07) is 20.0. The minimum atomic E-state index is -0.971. The normalized spacial score (nSPS) is 17.5. The second kappa shape index (κ2) is 9.16. The monoisotopic (exact) mass is 420 g/mol. The van der Waals surface area contributed by atoms with Gasteiger partial charge in [-0.1, -0.05) is 30.3 Å². The minimum Gasteiger partial charge on any atom is -0.497 e. The number of ether oxygens (including phenoxy) is 4. The van der Waals surface area contributed by atoms with E-state index in [1.165, 1.54) is 0 Å². The molecule has 0 bridgehead atoms. The summed E-state index contributed by atoms with van der Waals surface area (Å²) in [6.07, 6.45) is 1.59. The van der Waals surface area contributed by atoms with Gasteiger partial charge in [0.1, 0.15) is 29.6 Å². The van der Waals surface area contributed by atoms with E-state index in [2.05, 4.69) is 10.3 Å². The molecule has 1 aliphatic rings. The van der Waals surface area contributed by atoms with Crippen LogP contribution in [0, 0.1) is 0 Å². The fraction of sp³-hybridized carbons (Fsp3) is 0.250. The quantitative estimate of drug-likeness (QED) is 0.660. The van der Waals surface area contributed by atoms with E-state index in [9.17, 15) is 4.79 Å². The zero-order chi connectivity index (χ0) is 21.7. The Morgan fingerprint density at radius 1 is 0.968 bits per heavy atom. The van der Waals surface area contributed by atoms with Crippen molar-refractivity contribution in [3.8, 4) is 11.5 Å². The van der Waals surface area contributed by atoms with Crippen molar-refractivity contribution in [2.24, 2.45) is 0 Å². The van der Waals surface area contributed by atoms with E-state index < -0.39 is 11.6 Å². The van der Waals surface area contributed by atoms with Crippen molar-refractivity contribution in [2.45, 2.75) is 11.6 Å². The summed E-state index contributed by atoms with van der Waals surface area (Å²) < 4.78 is 22.5. The van der Waals surface area contributed by atoms with Gasteiger partial charge in [0.2, 0.25) is 0 Å². The van der Waals surface area contributed by atoms with Gasteiger partial charge in [-0.3, -0.25) is 9.78 Å². The number of hydrogen-bond acceptors (Lipinski definition) is 6. The molecule has 0 aliphatic carbocycles. The van der Waals surface area contributed by atoms with Gasteiger partial charge in [0.05, 0.1) is 26.9 Å². The fourth-order valence-corrected chi connectivity index (χ4v) is 3.80. The van der Waals surface area contributed by atoms with Crippen LogP contribution in [-0.2, 0) is 15.1 Å². The zero-order valence-corrected chi connectivity index (χ0v) is 17.4. The molecule has 0 saturated carbocycles. The molecule has 160 valence electrons. The van der Waals surface area contributed by atoms with Crippen molar-refractivity contribution in [2.75, 3.05) is 27.6 Å². The molecule has 1 atom stereocenters. The van der Waals surface area contributed by atoms with Gasteiger partial charge < -0.3 is 24.3 Å². The highest BCUT2D eigenvalue weighted by Gasteiger charge is 2.47. The van der Waals surface area contributed by atoms with Gasteiger partial charge in [0, 0.05) is 6.20 Å². The van der Waals surface area contributed by atoms with E-state index in [0.717, 1.165) is 22.6 Å². The molecule has 1 amide bonds. The molecule has 4 rings (SSSR count). The maximum Gasteiger partial charge on any atom is 0.270 e. The molecule has 3 aromatic rings. The highest BCUT2D eigenvalue weighted by molar-refractivity contribution is 5.92. The molecule has 1 fully saturated rings. The number of methoxy groups -OCH3 is 2. The van der Waals surface area contributed by atoms with Gasteiger partial charge in [-0.15, -0.1) is 0 Å². The molecule has 0 unspecified atom stereocenters. The Morgan fingerprint density at radius 2 is 1.58 bits per heavy atom. The third-order valence-corrected chi connectivity index (χ3v) is 5.39. The Hall–Kier alpha value is -3.42. The van der Waals surface area contributed by atoms with Crippen molar-refractivity contribution in [1.82, 2.24) is 10.3 Å². The second-order valence-electron chi connectivity index (χ2n) is 7.07. The summed E-state index contributed by atoms with van der Waals surface area (Å²) in [6.45, 7) is 0.366. The number of nitrogens with zero attached hydrogens (tertiary/aromatic N) is 1. The van der Waals surface area contributed by atoms with E-state index in [-0.39, 0.29) is 19.3 Å². The van der Waals surface area contributed by atoms with E-state index in [0.29, 0.717) is 5.69 Å². The Balaban J connectivity index is 1.78. The summed E-state index contributed by atoms with van der Waals surface area (Å²) in [5.74, 6) is 1.16. The highest BCUT2D eigenvalue weighted by Crippen LogP contribution is 2.40. The van der Waals surface area contributed by atoms with Gasteiger partial charge in [-0.2, -0.15) is 0 Å². The first-order valence-corrected chi connectivity index (χ1v) is 9.90. The summed E-state index contributed by atoms with van der Waals surface area (Å²) in [5, 5.41) is 3.07. The van der Waals surface area contributed by atoms with Gasteiger partial charge >= 0.3 is 0 Å². The molecule has 2 heterocycles. The minimum absolute atomic E-state index is 0.0913. The number of benzene rings is 2. The predicted molar refractivity (Wildman–Crippen MR) is 114 cm³/mol. The molecular weight excluding hydrogens is 396 g/mol. The van der Waals surface area contributed by atoms with E-state index in [4.69, 9.17) is 18.9 Å². The number of nitrogens with one attached hydrogen (secondary N) is 1. The largest absolute Gasteiger partial charge is 0.497 e. The van der Waals surface area contributed by atoms with E-state index in [1.807, 2.05) is 48.5 Å². The average Bonchev–Trinajstić information content (AvgIpc) is 2.85. The summed E-state index contributed by atoms with van der Waals surface area (Å²) in [5.41, 5.74) is 1.09. The number of amides is 1. The summed E-state index contributed by atoms with van der Waals surface area (Å²) in [7, 11) is 3.24. The topological polar surface area (TPSA) is 78.9 Å². The standard InChI is InChI=1S/C24H24N2O5/c1-28-19-10-6-17(7-11-19)24(18-8-12-20(29-2)13-9-18)22(15-30-16-31-24)26-23(27)21-5-3-4-14-25-21/h3-14,22H,15-16H2,1-2H3,(H,26,27)/t22-/m0/s1. The number of carbonyl (C=O) groups excluding carboxylic acids is 1. The SMILES string of the molecule is COc1ccc(C2(c3ccc(OC)cc3)OCOC[C@@H]2NC(=O)c2ccccn2)cc1. The van der Waals surface area contributed by atoms with Gasteiger partial charge in [-0.25, -0.2) is 0 Å². The summed E-state index contributed by atoms with van der Waals surface area (Å²) in [4.78, 5) is 17.1. The third-order valence-electron chi connectivity index (χ3n) is 5.39. The Labute approximate surface area is 180 Å². The van der Waals surface area contributed by atoms with Crippen molar-refractivity contribution in [1.29, 1.82) is 0 Å². The Bertz CT molecular complexity index is 959. The lowest BCUT2D eigenvalue weighted by Gasteiger charge is -2.44. The van der Waals surface area contributed by atoms with Crippen LogP contribution >= 0.6 is 0 Å². The lowest BCUT2D eigenvalue weighted by Crippen LogP contribution is -2.58. The number of carbonyl (C=O) groups is 1. The number of pyridine rings is 1. The molecule has 0 radical (unpaired) electrons. The molecule has 31 heavy (non-hydrogen) atoms. The second-order valence-corrected chi connectivity index (χ2v) is 7.07. The zero-order valence-electron chi connectivity index (χ0n) is 17.4. The average molecular weight is 420 g/mol. The lowest BCUT2D eigenvalue weighted by atomic mass is 9.79. The van der Waals surface area contributed by atoms with Crippen LogP contribution in [0.4, 0.5) is 0 Å². The lowest BCUT2D eigenvalue weighted by molar-refractivity contribution is -0.196. The van der Waals surface area contributed by atoms with Crippen molar-refractivity contribution < 1.29 is 23.7 Å². The molecule has 7 nitrogen and oxygen atoms in total. The van der Waals surface area contributed by atoms with E-state index in [1.54, 1.807) is 38.6 Å². The van der Waals surface area contributed by atoms with Crippen LogP contribution in [0.2, 0.25) is 0 Å². The third kappa shape index (κ3) is 4.10. The van der Waals surface area contributed by atoms with Gasteiger partial charge in [0.15, 0.2) is 0 Å². The van der Waals surface area contributed by atoms with Crippen LogP contribution in [0.25, 0.3) is 0 Å². The molecule has 1 aliphatic heterocycles. The van der Waals surface area contributed by atoms with Gasteiger partial charge in [0.25, 0.3) is 5.91 Å². The van der Waals surface area contributed by atoms with Crippen molar-refractivity contribution in [3.63, 3.8) is 0 Å². The molecule has 1 aromatic heterocycles. The number of rotatable bonds is 6. The van der Waals surface area contributed by atoms with Crippen molar-refractivity contribution >= 4 is 5.91 Å². The highest BCUT2D eigenvalue weighted by atomic mass is 16.7. The maximum atomic E-state index is 12.9. The molecular formula is C24H24N2O5. The molecule has 1 saturated heterocycles. The van der Waals surface area contributed by atoms with Crippen LogP contribution in [0.15, 0.2) is 72.9 Å². The first kappa shape index (κ1) is 20.8. The van der Waals surface area contributed by atoms with E-state index >= 15 is 0 Å². The smallest absolute Gasteiger partial charge is 0.270 e. The predicted octanol–water partition coefficient (Wildman–Crippen LogP) is 3.15. The molecule has 0 spiro atoms. The number of hydrogen-bond donors (Lipinski definition) is 1. The van der Waals surface area contributed by atoms with Crippen LogP contribution in [0.1, 0.15) is 21.6 Å². The maximum absolute atomic E-state index is 12.9. The molecule has 7 heteroatoms. The van der Waals surface area contributed by atoms with Crippen LogP contribution in [-0.4, -0.2) is 44.6 Å². The first-order chi connectivity index (χ1) is 15.2. The summed E-state index contributed by atoms with van der Waals surface area (Å²) >= 11 is 0.